The largest absolute Gasteiger partial charge is 0.497 e. The van der Waals surface area contributed by atoms with Crippen LogP contribution in [-0.4, -0.2) is 32.0 Å². The van der Waals surface area contributed by atoms with Crippen molar-refractivity contribution in [3.8, 4) is 5.75 Å². The van der Waals surface area contributed by atoms with E-state index >= 15 is 0 Å². The number of methoxy groups -OCH3 is 1. The van der Waals surface area contributed by atoms with Crippen LogP contribution in [0.25, 0.3) is 0 Å². The zero-order valence-corrected chi connectivity index (χ0v) is 17.4. The van der Waals surface area contributed by atoms with Crippen LogP contribution in [0.3, 0.4) is 0 Å². The summed E-state index contributed by atoms with van der Waals surface area (Å²) in [6, 6.07) is 15.5. The van der Waals surface area contributed by atoms with Crippen molar-refractivity contribution < 1.29 is 14.3 Å². The Hall–Kier alpha value is -2.82. The quantitative estimate of drug-likeness (QED) is 0.794. The summed E-state index contributed by atoms with van der Waals surface area (Å²) in [6.07, 6.45) is 0.717. The summed E-state index contributed by atoms with van der Waals surface area (Å²) >= 11 is 0. The van der Waals surface area contributed by atoms with E-state index in [1.54, 1.807) is 12.0 Å². The molecule has 2 amide bonds. The Kier molecular flexibility index (Phi) is 7.21. The monoisotopic (exact) mass is 382 g/mol. The van der Waals surface area contributed by atoms with Gasteiger partial charge in [-0.15, -0.1) is 0 Å². The Morgan fingerprint density at radius 1 is 1.04 bits per heavy atom. The molecular weight excluding hydrogens is 352 g/mol. The maximum atomic E-state index is 12.5. The Labute approximate surface area is 167 Å². The van der Waals surface area contributed by atoms with Gasteiger partial charge >= 0.3 is 0 Å². The number of nitrogens with one attached hydrogen (secondary N) is 1. The number of para-hydroxylation sites is 1. The highest BCUT2D eigenvalue weighted by Gasteiger charge is 2.24. The van der Waals surface area contributed by atoms with Gasteiger partial charge in [0, 0.05) is 19.2 Å². The molecule has 150 valence electrons. The smallest absolute Gasteiger partial charge is 0.240 e. The van der Waals surface area contributed by atoms with Crippen LogP contribution in [0.15, 0.2) is 48.5 Å². The molecule has 0 heterocycles. The highest BCUT2D eigenvalue weighted by molar-refractivity contribution is 5.98. The molecule has 0 saturated carbocycles. The topological polar surface area (TPSA) is 58.6 Å². The summed E-state index contributed by atoms with van der Waals surface area (Å²) in [5.74, 6) is 0.483. The number of rotatable bonds is 7. The number of amides is 2. The molecule has 1 N–H and O–H groups in total. The molecule has 2 aromatic carbocycles. The molecule has 5 heteroatoms. The molecule has 0 aliphatic heterocycles. The standard InChI is InChI=1S/C23H30N2O3/c1-17(26)25(21-9-7-6-8-20(21)23(2,3)4)16-22(27)24-15-14-18-10-12-19(28-5)13-11-18/h6-13H,14-16H2,1-5H3,(H,24,27). The number of anilines is 1. The van der Waals surface area contributed by atoms with E-state index in [-0.39, 0.29) is 23.8 Å². The zero-order chi connectivity index (χ0) is 20.7. The highest BCUT2D eigenvalue weighted by Crippen LogP contribution is 2.31. The SMILES string of the molecule is COc1ccc(CCNC(=O)CN(C(C)=O)c2ccccc2C(C)(C)C)cc1. The minimum absolute atomic E-state index is 0.00500. The molecule has 2 aromatic rings. The summed E-state index contributed by atoms with van der Waals surface area (Å²) in [6.45, 7) is 8.30. The minimum atomic E-state index is -0.174. The number of ether oxygens (including phenoxy) is 1. The van der Waals surface area contributed by atoms with Gasteiger partial charge in [-0.1, -0.05) is 51.1 Å². The van der Waals surface area contributed by atoms with Crippen LogP contribution in [0, 0.1) is 0 Å². The van der Waals surface area contributed by atoms with Crippen molar-refractivity contribution in [3.63, 3.8) is 0 Å². The lowest BCUT2D eigenvalue weighted by Crippen LogP contribution is -2.41. The van der Waals surface area contributed by atoms with Gasteiger partial charge < -0.3 is 15.0 Å². The first-order chi connectivity index (χ1) is 13.2. The van der Waals surface area contributed by atoms with Gasteiger partial charge in [0.1, 0.15) is 12.3 Å². The zero-order valence-electron chi connectivity index (χ0n) is 17.4. The number of hydrogen-bond acceptors (Lipinski definition) is 3. The molecule has 0 aliphatic rings. The molecule has 0 saturated heterocycles. The first kappa shape index (κ1) is 21.5. The molecule has 0 bridgehead atoms. The Bertz CT molecular complexity index is 807. The highest BCUT2D eigenvalue weighted by atomic mass is 16.5. The van der Waals surface area contributed by atoms with Crippen molar-refractivity contribution in [3.05, 3.63) is 59.7 Å². The van der Waals surface area contributed by atoms with E-state index in [0.717, 1.165) is 22.6 Å². The summed E-state index contributed by atoms with van der Waals surface area (Å²) in [5, 5.41) is 2.91. The van der Waals surface area contributed by atoms with Gasteiger partial charge in [-0.2, -0.15) is 0 Å². The van der Waals surface area contributed by atoms with E-state index in [2.05, 4.69) is 26.1 Å². The fourth-order valence-corrected chi connectivity index (χ4v) is 3.05. The molecule has 0 atom stereocenters. The molecule has 28 heavy (non-hydrogen) atoms. The van der Waals surface area contributed by atoms with Crippen molar-refractivity contribution in [2.45, 2.75) is 39.5 Å². The fraction of sp³-hybridized carbons (Fsp3) is 0.391. The third-order valence-electron chi connectivity index (χ3n) is 4.58. The second-order valence-corrected chi connectivity index (χ2v) is 7.82. The number of carbonyl (C=O) groups is 2. The second-order valence-electron chi connectivity index (χ2n) is 7.82. The molecule has 0 unspecified atom stereocenters. The number of carbonyl (C=O) groups excluding carboxylic acids is 2. The molecule has 0 spiro atoms. The van der Waals surface area contributed by atoms with Gasteiger partial charge in [-0.25, -0.2) is 0 Å². The molecule has 0 fully saturated rings. The normalized spacial score (nSPS) is 11.0. The fourth-order valence-electron chi connectivity index (χ4n) is 3.05. The van der Waals surface area contributed by atoms with Crippen LogP contribution in [-0.2, 0) is 21.4 Å². The minimum Gasteiger partial charge on any atom is -0.497 e. The molecule has 5 nitrogen and oxygen atoms in total. The molecule has 2 rings (SSSR count). The Morgan fingerprint density at radius 3 is 2.25 bits per heavy atom. The van der Waals surface area contributed by atoms with Gasteiger partial charge in [-0.3, -0.25) is 9.59 Å². The number of benzene rings is 2. The van der Waals surface area contributed by atoms with Gasteiger partial charge in [0.15, 0.2) is 0 Å². The van der Waals surface area contributed by atoms with Crippen molar-refractivity contribution in [1.82, 2.24) is 5.32 Å². The predicted octanol–water partition coefficient (Wildman–Crippen LogP) is 3.70. The molecule has 0 aromatic heterocycles. The Balaban J connectivity index is 2.01. The molecular formula is C23H30N2O3. The third-order valence-corrected chi connectivity index (χ3v) is 4.58. The van der Waals surface area contributed by atoms with Crippen LogP contribution in [0.4, 0.5) is 5.69 Å². The predicted molar refractivity (Wildman–Crippen MR) is 113 cm³/mol. The summed E-state index contributed by atoms with van der Waals surface area (Å²) in [4.78, 5) is 26.3. The van der Waals surface area contributed by atoms with E-state index in [4.69, 9.17) is 4.74 Å². The van der Waals surface area contributed by atoms with Crippen LogP contribution < -0.4 is 15.0 Å². The van der Waals surface area contributed by atoms with Crippen LogP contribution >= 0.6 is 0 Å². The van der Waals surface area contributed by atoms with Crippen molar-refractivity contribution in [1.29, 1.82) is 0 Å². The van der Waals surface area contributed by atoms with E-state index in [1.165, 1.54) is 6.92 Å². The van der Waals surface area contributed by atoms with E-state index < -0.39 is 0 Å². The van der Waals surface area contributed by atoms with Crippen molar-refractivity contribution in [2.75, 3.05) is 25.1 Å². The van der Waals surface area contributed by atoms with Gasteiger partial charge in [0.25, 0.3) is 0 Å². The third kappa shape index (κ3) is 5.84. The average molecular weight is 383 g/mol. The molecule has 0 radical (unpaired) electrons. The summed E-state index contributed by atoms with van der Waals surface area (Å²) in [5.41, 5.74) is 2.81. The van der Waals surface area contributed by atoms with Gasteiger partial charge in [-0.05, 0) is 41.2 Å². The van der Waals surface area contributed by atoms with Crippen LogP contribution in [0.1, 0.15) is 38.8 Å². The van der Waals surface area contributed by atoms with Gasteiger partial charge in [0.05, 0.1) is 7.11 Å². The number of hydrogen-bond donors (Lipinski definition) is 1. The molecule has 0 aliphatic carbocycles. The van der Waals surface area contributed by atoms with Gasteiger partial charge in [0.2, 0.25) is 11.8 Å². The maximum absolute atomic E-state index is 12.5. The summed E-state index contributed by atoms with van der Waals surface area (Å²) < 4.78 is 5.15. The first-order valence-corrected chi connectivity index (χ1v) is 9.49. The first-order valence-electron chi connectivity index (χ1n) is 9.49. The Morgan fingerprint density at radius 2 is 1.68 bits per heavy atom. The van der Waals surface area contributed by atoms with Crippen molar-refractivity contribution >= 4 is 17.5 Å². The lowest BCUT2D eigenvalue weighted by Gasteiger charge is -2.29. The van der Waals surface area contributed by atoms with Crippen molar-refractivity contribution in [2.24, 2.45) is 0 Å². The van der Waals surface area contributed by atoms with E-state index in [0.29, 0.717) is 13.0 Å². The van der Waals surface area contributed by atoms with Crippen LogP contribution in [0.5, 0.6) is 5.75 Å². The average Bonchev–Trinajstić information content (AvgIpc) is 2.66. The van der Waals surface area contributed by atoms with E-state index in [9.17, 15) is 9.59 Å². The lowest BCUT2D eigenvalue weighted by molar-refractivity contribution is -0.123. The lowest BCUT2D eigenvalue weighted by atomic mass is 9.85. The van der Waals surface area contributed by atoms with E-state index in [1.807, 2.05) is 48.5 Å². The maximum Gasteiger partial charge on any atom is 0.240 e. The summed E-state index contributed by atoms with van der Waals surface area (Å²) in [7, 11) is 1.63. The van der Waals surface area contributed by atoms with Crippen LogP contribution in [0.2, 0.25) is 0 Å². The second kappa shape index (κ2) is 9.40. The number of nitrogens with zero attached hydrogens (tertiary/aromatic N) is 1.